The van der Waals surface area contributed by atoms with Crippen molar-refractivity contribution in [1.82, 2.24) is 10.2 Å². The third kappa shape index (κ3) is 4.47. The number of hydrogen-bond acceptors (Lipinski definition) is 4. The number of hydrogen-bond donors (Lipinski definition) is 1. The van der Waals surface area contributed by atoms with Crippen molar-refractivity contribution in [3.8, 4) is 5.75 Å². The van der Waals surface area contributed by atoms with Crippen molar-refractivity contribution in [3.05, 3.63) is 29.3 Å². The Morgan fingerprint density at radius 2 is 2.05 bits per heavy atom. The zero-order chi connectivity index (χ0) is 14.4. The van der Waals surface area contributed by atoms with Crippen LogP contribution >= 0.6 is 0 Å². The van der Waals surface area contributed by atoms with Crippen LogP contribution in [0.15, 0.2) is 18.2 Å². The van der Waals surface area contributed by atoms with E-state index in [1.165, 1.54) is 11.1 Å². The Bertz CT molecular complexity index is 415. The molecule has 1 fully saturated rings. The van der Waals surface area contributed by atoms with Gasteiger partial charge in [-0.15, -0.1) is 0 Å². The van der Waals surface area contributed by atoms with E-state index in [2.05, 4.69) is 42.3 Å². The smallest absolute Gasteiger partial charge is 0.123 e. The summed E-state index contributed by atoms with van der Waals surface area (Å²) in [6.45, 7) is 9.82. The molecule has 4 nitrogen and oxygen atoms in total. The monoisotopic (exact) mass is 278 g/mol. The van der Waals surface area contributed by atoms with Gasteiger partial charge in [0.2, 0.25) is 0 Å². The van der Waals surface area contributed by atoms with Crippen LogP contribution in [-0.4, -0.2) is 44.4 Å². The maximum Gasteiger partial charge on any atom is 0.123 e. The van der Waals surface area contributed by atoms with Crippen LogP contribution < -0.4 is 10.1 Å². The Labute approximate surface area is 122 Å². The molecule has 4 heteroatoms. The van der Waals surface area contributed by atoms with Crippen molar-refractivity contribution in [1.29, 1.82) is 0 Å². The van der Waals surface area contributed by atoms with Gasteiger partial charge in [0.25, 0.3) is 0 Å². The fraction of sp³-hybridized carbons (Fsp3) is 0.625. The van der Waals surface area contributed by atoms with Crippen LogP contribution in [0.3, 0.4) is 0 Å². The van der Waals surface area contributed by atoms with E-state index in [0.717, 1.165) is 45.1 Å². The number of nitrogens with one attached hydrogen (secondary N) is 1. The Morgan fingerprint density at radius 1 is 1.30 bits per heavy atom. The van der Waals surface area contributed by atoms with Gasteiger partial charge in [0, 0.05) is 37.8 Å². The first-order valence-corrected chi connectivity index (χ1v) is 7.38. The van der Waals surface area contributed by atoms with E-state index in [0.29, 0.717) is 6.04 Å². The Hall–Kier alpha value is -1.10. The molecule has 1 aromatic rings. The summed E-state index contributed by atoms with van der Waals surface area (Å²) in [6.07, 6.45) is 0. The predicted molar refractivity (Wildman–Crippen MR) is 81.1 cm³/mol. The fourth-order valence-electron chi connectivity index (χ4n) is 2.39. The van der Waals surface area contributed by atoms with Gasteiger partial charge in [0.05, 0.1) is 20.3 Å². The Kier molecular flexibility index (Phi) is 5.83. The van der Waals surface area contributed by atoms with Gasteiger partial charge in [0.15, 0.2) is 0 Å². The number of nitrogens with zero attached hydrogens (tertiary/aromatic N) is 1. The lowest BCUT2D eigenvalue weighted by Crippen LogP contribution is -2.35. The average molecular weight is 278 g/mol. The molecule has 0 aliphatic carbocycles. The topological polar surface area (TPSA) is 33.7 Å². The molecule has 1 N–H and O–H groups in total. The number of rotatable bonds is 6. The number of ether oxygens (including phenoxy) is 2. The van der Waals surface area contributed by atoms with Crippen molar-refractivity contribution in [2.24, 2.45) is 0 Å². The first-order valence-electron chi connectivity index (χ1n) is 7.38. The van der Waals surface area contributed by atoms with Crippen LogP contribution in [-0.2, 0) is 17.8 Å². The average Bonchev–Trinajstić information content (AvgIpc) is 2.46. The summed E-state index contributed by atoms with van der Waals surface area (Å²) in [5.41, 5.74) is 2.57. The highest BCUT2D eigenvalue weighted by atomic mass is 16.5. The molecule has 2 rings (SSSR count). The quantitative estimate of drug-likeness (QED) is 0.863. The summed E-state index contributed by atoms with van der Waals surface area (Å²) >= 11 is 0. The minimum atomic E-state index is 0.500. The van der Waals surface area contributed by atoms with Crippen LogP contribution in [0, 0.1) is 0 Å². The second-order valence-electron chi connectivity index (χ2n) is 5.57. The van der Waals surface area contributed by atoms with Crippen molar-refractivity contribution in [2.75, 3.05) is 33.4 Å². The molecule has 0 saturated carbocycles. The number of benzene rings is 1. The zero-order valence-electron chi connectivity index (χ0n) is 12.8. The zero-order valence-corrected chi connectivity index (χ0v) is 12.8. The molecule has 1 aliphatic heterocycles. The molecular weight excluding hydrogens is 252 g/mol. The molecule has 1 saturated heterocycles. The largest absolute Gasteiger partial charge is 0.496 e. The lowest BCUT2D eigenvalue weighted by atomic mass is 10.1. The lowest BCUT2D eigenvalue weighted by Gasteiger charge is -2.27. The van der Waals surface area contributed by atoms with Crippen molar-refractivity contribution < 1.29 is 9.47 Å². The summed E-state index contributed by atoms with van der Waals surface area (Å²) in [5.74, 6) is 0.977. The summed E-state index contributed by atoms with van der Waals surface area (Å²) in [6, 6.07) is 6.97. The van der Waals surface area contributed by atoms with E-state index < -0.39 is 0 Å². The first-order chi connectivity index (χ1) is 9.69. The highest BCUT2D eigenvalue weighted by molar-refractivity contribution is 5.37. The van der Waals surface area contributed by atoms with E-state index in [1.54, 1.807) is 7.11 Å². The van der Waals surface area contributed by atoms with E-state index >= 15 is 0 Å². The summed E-state index contributed by atoms with van der Waals surface area (Å²) in [7, 11) is 1.74. The third-order valence-corrected chi connectivity index (χ3v) is 3.56. The third-order valence-electron chi connectivity index (χ3n) is 3.56. The first kappa shape index (κ1) is 15.3. The van der Waals surface area contributed by atoms with Crippen LogP contribution in [0.4, 0.5) is 0 Å². The van der Waals surface area contributed by atoms with E-state index in [1.807, 2.05) is 0 Å². The standard InChI is InChI=1S/C16H26N2O2/c1-13(2)17-11-14-4-5-16(19-3)15(10-14)12-18-6-8-20-9-7-18/h4-5,10,13,17H,6-9,11-12H2,1-3H3. The second-order valence-corrected chi connectivity index (χ2v) is 5.57. The molecule has 0 unspecified atom stereocenters. The summed E-state index contributed by atoms with van der Waals surface area (Å²) in [4.78, 5) is 2.42. The fourth-order valence-corrected chi connectivity index (χ4v) is 2.39. The highest BCUT2D eigenvalue weighted by Crippen LogP contribution is 2.22. The van der Waals surface area contributed by atoms with Crippen LogP contribution in [0.25, 0.3) is 0 Å². The Morgan fingerprint density at radius 3 is 2.70 bits per heavy atom. The van der Waals surface area contributed by atoms with Gasteiger partial charge in [-0.1, -0.05) is 19.9 Å². The Balaban J connectivity index is 2.05. The molecule has 1 aromatic carbocycles. The molecule has 0 atom stereocenters. The van der Waals surface area contributed by atoms with Crippen LogP contribution in [0.1, 0.15) is 25.0 Å². The molecule has 0 radical (unpaired) electrons. The van der Waals surface area contributed by atoms with Gasteiger partial charge in [-0.2, -0.15) is 0 Å². The minimum absolute atomic E-state index is 0.500. The molecule has 20 heavy (non-hydrogen) atoms. The lowest BCUT2D eigenvalue weighted by molar-refractivity contribution is 0.0339. The van der Waals surface area contributed by atoms with E-state index in [-0.39, 0.29) is 0 Å². The van der Waals surface area contributed by atoms with Gasteiger partial charge in [-0.3, -0.25) is 4.90 Å². The van der Waals surface area contributed by atoms with Crippen molar-refractivity contribution in [2.45, 2.75) is 33.0 Å². The van der Waals surface area contributed by atoms with Gasteiger partial charge in [0.1, 0.15) is 5.75 Å². The van der Waals surface area contributed by atoms with Gasteiger partial charge >= 0.3 is 0 Å². The van der Waals surface area contributed by atoms with Gasteiger partial charge in [-0.25, -0.2) is 0 Å². The molecule has 1 heterocycles. The van der Waals surface area contributed by atoms with Crippen LogP contribution in [0.2, 0.25) is 0 Å². The SMILES string of the molecule is COc1ccc(CNC(C)C)cc1CN1CCOCC1. The summed E-state index contributed by atoms with van der Waals surface area (Å²) < 4.78 is 10.9. The number of morpholine rings is 1. The molecule has 0 amide bonds. The van der Waals surface area contributed by atoms with Gasteiger partial charge in [-0.05, 0) is 17.7 Å². The second kappa shape index (κ2) is 7.62. The molecule has 0 aromatic heterocycles. The normalized spacial score (nSPS) is 16.6. The van der Waals surface area contributed by atoms with Crippen LogP contribution in [0.5, 0.6) is 5.75 Å². The molecule has 112 valence electrons. The molecular formula is C16H26N2O2. The summed E-state index contributed by atoms with van der Waals surface area (Å²) in [5, 5.41) is 3.46. The molecule has 0 bridgehead atoms. The number of methoxy groups -OCH3 is 1. The van der Waals surface area contributed by atoms with Gasteiger partial charge < -0.3 is 14.8 Å². The molecule has 1 aliphatic rings. The maximum atomic E-state index is 5.49. The van der Waals surface area contributed by atoms with E-state index in [9.17, 15) is 0 Å². The predicted octanol–water partition coefficient (Wildman–Crippen LogP) is 2.03. The molecule has 0 spiro atoms. The van der Waals surface area contributed by atoms with Crippen molar-refractivity contribution >= 4 is 0 Å². The maximum absolute atomic E-state index is 5.49. The van der Waals surface area contributed by atoms with Crippen molar-refractivity contribution in [3.63, 3.8) is 0 Å². The minimum Gasteiger partial charge on any atom is -0.496 e. The van der Waals surface area contributed by atoms with E-state index in [4.69, 9.17) is 9.47 Å². The highest BCUT2D eigenvalue weighted by Gasteiger charge is 2.13.